The van der Waals surface area contributed by atoms with E-state index in [2.05, 4.69) is 41.5 Å². The van der Waals surface area contributed by atoms with Gasteiger partial charge in [-0.3, -0.25) is 4.79 Å². The minimum Gasteiger partial charge on any atom is -0.456 e. The summed E-state index contributed by atoms with van der Waals surface area (Å²) in [6.07, 6.45) is 11.9. The van der Waals surface area contributed by atoms with Crippen molar-refractivity contribution in [1.29, 1.82) is 0 Å². The van der Waals surface area contributed by atoms with E-state index in [0.29, 0.717) is 24.2 Å². The lowest BCUT2D eigenvalue weighted by atomic mass is 9.47. The van der Waals surface area contributed by atoms with E-state index in [0.717, 1.165) is 11.8 Å². The zero-order valence-corrected chi connectivity index (χ0v) is 22.3. The number of rotatable bonds is 6. The maximum absolute atomic E-state index is 13.3. The Bertz CT molecular complexity index is 721. The van der Waals surface area contributed by atoms with Gasteiger partial charge in [-0.25, -0.2) is 4.79 Å². The van der Waals surface area contributed by atoms with Gasteiger partial charge in [0.15, 0.2) is 6.61 Å². The van der Waals surface area contributed by atoms with Crippen LogP contribution in [0.1, 0.15) is 113 Å². The van der Waals surface area contributed by atoms with Crippen LogP contribution in [0.5, 0.6) is 0 Å². The molecule has 0 radical (unpaired) electrons. The summed E-state index contributed by atoms with van der Waals surface area (Å²) in [5, 5.41) is 0. The molecule has 1 atom stereocenters. The molecule has 5 rings (SSSR count). The third kappa shape index (κ3) is 4.61. The zero-order chi connectivity index (χ0) is 24.2. The van der Waals surface area contributed by atoms with Crippen LogP contribution < -0.4 is 0 Å². The summed E-state index contributed by atoms with van der Waals surface area (Å²) in [7, 11) is 0. The van der Waals surface area contributed by atoms with Gasteiger partial charge in [0.1, 0.15) is 5.60 Å². The van der Waals surface area contributed by atoms with Crippen LogP contribution >= 0.6 is 0 Å². The Kier molecular flexibility index (Phi) is 6.49. The monoisotopic (exact) mass is 460 g/mol. The van der Waals surface area contributed by atoms with E-state index in [1.165, 1.54) is 57.8 Å². The first-order chi connectivity index (χ1) is 15.2. The fourth-order valence-electron chi connectivity index (χ4n) is 8.43. The highest BCUT2D eigenvalue weighted by Gasteiger charge is 2.62. The quantitative estimate of drug-likeness (QED) is 0.403. The summed E-state index contributed by atoms with van der Waals surface area (Å²) in [4.78, 5) is 26.6. The first-order valence-electron chi connectivity index (χ1n) is 13.6. The molecule has 4 heteroatoms. The number of hydrogen-bond acceptors (Lipinski definition) is 4. The summed E-state index contributed by atoms with van der Waals surface area (Å²) in [6.45, 7) is 14.4. The minimum absolute atomic E-state index is 0.0194. The molecule has 1 unspecified atom stereocenters. The lowest BCUT2D eigenvalue weighted by Gasteiger charge is -2.62. The highest BCUT2D eigenvalue weighted by atomic mass is 16.6. The van der Waals surface area contributed by atoms with Crippen molar-refractivity contribution in [3.8, 4) is 0 Å². The highest BCUT2D eigenvalue weighted by molar-refractivity contribution is 5.81. The van der Waals surface area contributed by atoms with Crippen molar-refractivity contribution >= 4 is 11.9 Å². The average Bonchev–Trinajstić information content (AvgIpc) is 3.21. The number of carbonyl (C=O) groups excluding carboxylic acids is 2. The van der Waals surface area contributed by atoms with E-state index < -0.39 is 5.41 Å². The molecule has 5 aliphatic carbocycles. The third-order valence-corrected chi connectivity index (χ3v) is 10.0. The van der Waals surface area contributed by atoms with E-state index in [1.54, 1.807) is 0 Å². The highest BCUT2D eigenvalue weighted by Crippen LogP contribution is 2.63. The Balaban J connectivity index is 1.47. The van der Waals surface area contributed by atoms with Gasteiger partial charge in [-0.1, -0.05) is 54.4 Å². The maximum atomic E-state index is 13.3. The molecule has 0 spiro atoms. The topological polar surface area (TPSA) is 52.6 Å². The SMILES string of the molecule is CC(C)(C)CC(C)(C(=O)OCC(=O)OC1(C2CCCC2)C2CC3CC(C2)CC1C3)C(C)(C)C. The molecule has 0 N–H and O–H groups in total. The molecule has 5 fully saturated rings. The van der Waals surface area contributed by atoms with Crippen LogP contribution in [0, 0.1) is 45.8 Å². The molecule has 0 aromatic heterocycles. The van der Waals surface area contributed by atoms with E-state index in [4.69, 9.17) is 9.47 Å². The minimum atomic E-state index is -0.669. The Morgan fingerprint density at radius 3 is 1.76 bits per heavy atom. The van der Waals surface area contributed by atoms with Crippen molar-refractivity contribution < 1.29 is 19.1 Å². The third-order valence-electron chi connectivity index (χ3n) is 10.0. The molecule has 0 aromatic rings. The number of ether oxygens (including phenoxy) is 2. The lowest BCUT2D eigenvalue weighted by Crippen LogP contribution is -2.63. The van der Waals surface area contributed by atoms with E-state index in [1.807, 2.05) is 6.92 Å². The van der Waals surface area contributed by atoms with Gasteiger partial charge in [0, 0.05) is 0 Å². The number of carbonyl (C=O) groups is 2. The molecule has 0 saturated heterocycles. The van der Waals surface area contributed by atoms with E-state index in [9.17, 15) is 9.59 Å². The second-order valence-corrected chi connectivity index (χ2v) is 14.5. The van der Waals surface area contributed by atoms with Crippen molar-refractivity contribution in [1.82, 2.24) is 0 Å². The Labute approximate surface area is 201 Å². The molecule has 4 nitrogen and oxygen atoms in total. The fourth-order valence-corrected chi connectivity index (χ4v) is 8.43. The van der Waals surface area contributed by atoms with Crippen molar-refractivity contribution in [3.05, 3.63) is 0 Å². The van der Waals surface area contributed by atoms with Crippen LogP contribution in [-0.2, 0) is 19.1 Å². The Morgan fingerprint density at radius 2 is 1.30 bits per heavy atom. The summed E-state index contributed by atoms with van der Waals surface area (Å²) >= 11 is 0. The molecule has 33 heavy (non-hydrogen) atoms. The Hall–Kier alpha value is -1.06. The summed E-state index contributed by atoms with van der Waals surface area (Å²) in [5.74, 6) is 2.59. The van der Waals surface area contributed by atoms with Crippen LogP contribution in [0.15, 0.2) is 0 Å². The second kappa shape index (κ2) is 8.55. The van der Waals surface area contributed by atoms with Crippen LogP contribution in [-0.4, -0.2) is 24.1 Å². The van der Waals surface area contributed by atoms with E-state index >= 15 is 0 Å². The summed E-state index contributed by atoms with van der Waals surface area (Å²) in [5.41, 5.74) is -1.26. The summed E-state index contributed by atoms with van der Waals surface area (Å²) < 4.78 is 12.3. The first kappa shape index (κ1) is 25.0. The van der Waals surface area contributed by atoms with Gasteiger partial charge in [-0.2, -0.15) is 0 Å². The lowest BCUT2D eigenvalue weighted by molar-refractivity contribution is -0.231. The van der Waals surface area contributed by atoms with Crippen molar-refractivity contribution in [3.63, 3.8) is 0 Å². The van der Waals surface area contributed by atoms with Gasteiger partial charge in [0.2, 0.25) is 0 Å². The van der Waals surface area contributed by atoms with E-state index in [-0.39, 0.29) is 35.0 Å². The van der Waals surface area contributed by atoms with Gasteiger partial charge < -0.3 is 9.47 Å². The van der Waals surface area contributed by atoms with Crippen LogP contribution in [0.4, 0.5) is 0 Å². The maximum Gasteiger partial charge on any atom is 0.344 e. The summed E-state index contributed by atoms with van der Waals surface area (Å²) in [6, 6.07) is 0. The molecule has 0 heterocycles. The molecule has 0 aliphatic heterocycles. The van der Waals surface area contributed by atoms with Crippen molar-refractivity contribution in [2.75, 3.05) is 6.61 Å². The fraction of sp³-hybridized carbons (Fsp3) is 0.931. The van der Waals surface area contributed by atoms with Crippen molar-refractivity contribution in [2.45, 2.75) is 118 Å². The smallest absolute Gasteiger partial charge is 0.344 e. The van der Waals surface area contributed by atoms with Gasteiger partial charge in [0.05, 0.1) is 5.41 Å². The molecule has 0 aromatic carbocycles. The Morgan fingerprint density at radius 1 is 0.788 bits per heavy atom. The molecule has 4 bridgehead atoms. The van der Waals surface area contributed by atoms with Gasteiger partial charge in [-0.15, -0.1) is 0 Å². The molecule has 0 amide bonds. The van der Waals surface area contributed by atoms with Crippen LogP contribution in [0.25, 0.3) is 0 Å². The molecule has 188 valence electrons. The molecule has 5 aliphatic rings. The number of esters is 2. The standard InChI is InChI=1S/C29H48O4/c1-26(2,3)18-28(7,27(4,5)6)25(31)32-17-24(30)33-29(21-10-8-9-11-21)22-13-19-12-20(15-22)16-23(29)14-19/h19-23H,8-18H2,1-7H3. The predicted molar refractivity (Wildman–Crippen MR) is 130 cm³/mol. The molecular weight excluding hydrogens is 412 g/mol. The molecule has 5 saturated carbocycles. The second-order valence-electron chi connectivity index (χ2n) is 14.5. The largest absolute Gasteiger partial charge is 0.456 e. The predicted octanol–water partition coefficient (Wildman–Crippen LogP) is 6.95. The zero-order valence-electron chi connectivity index (χ0n) is 22.3. The molecular formula is C29H48O4. The average molecular weight is 461 g/mol. The van der Waals surface area contributed by atoms with Gasteiger partial charge in [0.25, 0.3) is 0 Å². The van der Waals surface area contributed by atoms with Gasteiger partial charge in [-0.05, 0) is 98.7 Å². The number of hydrogen-bond donors (Lipinski definition) is 0. The van der Waals surface area contributed by atoms with Crippen LogP contribution in [0.3, 0.4) is 0 Å². The normalized spacial score (nSPS) is 36.0. The van der Waals surface area contributed by atoms with Gasteiger partial charge >= 0.3 is 11.9 Å². The van der Waals surface area contributed by atoms with Crippen molar-refractivity contribution in [2.24, 2.45) is 45.8 Å². The van der Waals surface area contributed by atoms with Crippen LogP contribution in [0.2, 0.25) is 0 Å². The first-order valence-corrected chi connectivity index (χ1v) is 13.6.